The first-order valence-electron chi connectivity index (χ1n) is 4.83. The predicted octanol–water partition coefficient (Wildman–Crippen LogP) is 1.20. The van der Waals surface area contributed by atoms with Gasteiger partial charge in [-0.25, -0.2) is 4.79 Å². The lowest BCUT2D eigenvalue weighted by Gasteiger charge is -2.34. The zero-order chi connectivity index (χ0) is 9.68. The molecule has 0 radical (unpaired) electrons. The molecular weight excluding hydrogens is 166 g/mol. The fraction of sp³-hybridized carbons (Fsp3) is 0.700. The molecule has 1 heterocycles. The molecule has 74 valence electrons. The Balaban J connectivity index is 2.24. The molecule has 1 aliphatic rings. The van der Waals surface area contributed by atoms with Gasteiger partial charge in [-0.1, -0.05) is 6.08 Å². The summed E-state index contributed by atoms with van der Waals surface area (Å²) in [4.78, 5) is 13.3. The average Bonchev–Trinajstić information content (AvgIpc) is 1.98. The standard InChI is InChI=1S/C10H17NO2/c1-3-13-10(12)6-5-9(2)11-7-4-8-11/h5-6,9H,3-4,7-8H2,1-2H3/b6-5+/t9-/m1/s1. The highest BCUT2D eigenvalue weighted by Gasteiger charge is 2.17. The van der Waals surface area contributed by atoms with Crippen molar-refractivity contribution in [2.45, 2.75) is 26.3 Å². The molecule has 13 heavy (non-hydrogen) atoms. The van der Waals surface area contributed by atoms with Crippen molar-refractivity contribution in [1.29, 1.82) is 0 Å². The van der Waals surface area contributed by atoms with E-state index in [0.717, 1.165) is 13.1 Å². The summed E-state index contributed by atoms with van der Waals surface area (Å²) in [7, 11) is 0. The van der Waals surface area contributed by atoms with Crippen LogP contribution in [-0.2, 0) is 9.53 Å². The fourth-order valence-corrected chi connectivity index (χ4v) is 1.28. The van der Waals surface area contributed by atoms with Gasteiger partial charge >= 0.3 is 5.97 Å². The summed E-state index contributed by atoms with van der Waals surface area (Å²) in [6.45, 7) is 6.64. The summed E-state index contributed by atoms with van der Waals surface area (Å²) < 4.78 is 4.78. The van der Waals surface area contributed by atoms with E-state index in [4.69, 9.17) is 4.74 Å². The van der Waals surface area contributed by atoms with Crippen molar-refractivity contribution in [2.75, 3.05) is 19.7 Å². The monoisotopic (exact) mass is 183 g/mol. The molecule has 0 aromatic heterocycles. The largest absolute Gasteiger partial charge is 0.463 e. The Morgan fingerprint density at radius 2 is 2.31 bits per heavy atom. The molecule has 0 aromatic rings. The van der Waals surface area contributed by atoms with Crippen LogP contribution in [0.1, 0.15) is 20.3 Å². The van der Waals surface area contributed by atoms with Gasteiger partial charge in [0.2, 0.25) is 0 Å². The highest BCUT2D eigenvalue weighted by Crippen LogP contribution is 2.11. The Labute approximate surface area is 79.4 Å². The second-order valence-corrected chi connectivity index (χ2v) is 3.24. The molecule has 1 aliphatic heterocycles. The van der Waals surface area contributed by atoms with E-state index < -0.39 is 0 Å². The van der Waals surface area contributed by atoms with Gasteiger partial charge in [-0.3, -0.25) is 4.90 Å². The van der Waals surface area contributed by atoms with E-state index in [9.17, 15) is 4.79 Å². The van der Waals surface area contributed by atoms with Crippen LogP contribution < -0.4 is 0 Å². The molecular formula is C10H17NO2. The number of esters is 1. The van der Waals surface area contributed by atoms with Crippen molar-refractivity contribution in [3.05, 3.63) is 12.2 Å². The Kier molecular flexibility index (Phi) is 3.96. The van der Waals surface area contributed by atoms with Crippen LogP contribution in [0.5, 0.6) is 0 Å². The summed E-state index contributed by atoms with van der Waals surface area (Å²) in [5, 5.41) is 0. The molecule has 1 fully saturated rings. The van der Waals surface area contributed by atoms with Gasteiger partial charge in [0.1, 0.15) is 0 Å². The number of likely N-dealkylation sites (tertiary alicyclic amines) is 1. The van der Waals surface area contributed by atoms with Crippen LogP contribution in [-0.4, -0.2) is 36.6 Å². The third-order valence-corrected chi connectivity index (χ3v) is 2.26. The van der Waals surface area contributed by atoms with Crippen LogP contribution in [0.25, 0.3) is 0 Å². The Morgan fingerprint density at radius 1 is 1.62 bits per heavy atom. The van der Waals surface area contributed by atoms with Crippen LogP contribution in [0.2, 0.25) is 0 Å². The minimum Gasteiger partial charge on any atom is -0.463 e. The first-order chi connectivity index (χ1) is 6.24. The van der Waals surface area contributed by atoms with Gasteiger partial charge in [0.15, 0.2) is 0 Å². The summed E-state index contributed by atoms with van der Waals surface area (Å²) in [6.07, 6.45) is 4.70. The molecule has 0 spiro atoms. The number of hydrogen-bond donors (Lipinski definition) is 0. The third kappa shape index (κ3) is 3.19. The molecule has 0 unspecified atom stereocenters. The Bertz CT molecular complexity index is 197. The number of hydrogen-bond acceptors (Lipinski definition) is 3. The van der Waals surface area contributed by atoms with Gasteiger partial charge in [0.05, 0.1) is 6.61 Å². The van der Waals surface area contributed by atoms with E-state index in [2.05, 4.69) is 11.8 Å². The highest BCUT2D eigenvalue weighted by atomic mass is 16.5. The lowest BCUT2D eigenvalue weighted by atomic mass is 10.1. The quantitative estimate of drug-likeness (QED) is 0.484. The zero-order valence-electron chi connectivity index (χ0n) is 8.32. The second-order valence-electron chi connectivity index (χ2n) is 3.24. The molecule has 0 N–H and O–H groups in total. The van der Waals surface area contributed by atoms with Crippen LogP contribution in [0.3, 0.4) is 0 Å². The van der Waals surface area contributed by atoms with Crippen LogP contribution >= 0.6 is 0 Å². The minimum absolute atomic E-state index is 0.241. The summed E-state index contributed by atoms with van der Waals surface area (Å²) in [5.41, 5.74) is 0. The van der Waals surface area contributed by atoms with E-state index in [0.29, 0.717) is 12.6 Å². The van der Waals surface area contributed by atoms with E-state index in [1.54, 1.807) is 0 Å². The van der Waals surface area contributed by atoms with Crippen molar-refractivity contribution >= 4 is 5.97 Å². The van der Waals surface area contributed by atoms with Crippen LogP contribution in [0.4, 0.5) is 0 Å². The molecule has 0 aliphatic carbocycles. The third-order valence-electron chi connectivity index (χ3n) is 2.26. The van der Waals surface area contributed by atoms with Gasteiger partial charge in [-0.2, -0.15) is 0 Å². The van der Waals surface area contributed by atoms with Crippen LogP contribution in [0, 0.1) is 0 Å². The molecule has 1 atom stereocenters. The minimum atomic E-state index is -0.241. The highest BCUT2D eigenvalue weighted by molar-refractivity contribution is 5.81. The molecule has 0 bridgehead atoms. The first kappa shape index (κ1) is 10.3. The van der Waals surface area contributed by atoms with E-state index in [1.165, 1.54) is 12.5 Å². The summed E-state index contributed by atoms with van der Waals surface area (Å²) in [5.74, 6) is -0.241. The molecule has 3 heteroatoms. The molecule has 0 saturated carbocycles. The van der Waals surface area contributed by atoms with E-state index in [1.807, 2.05) is 13.0 Å². The van der Waals surface area contributed by atoms with Gasteiger partial charge in [0.25, 0.3) is 0 Å². The van der Waals surface area contributed by atoms with Crippen molar-refractivity contribution < 1.29 is 9.53 Å². The average molecular weight is 183 g/mol. The molecule has 0 amide bonds. The normalized spacial score (nSPS) is 19.8. The smallest absolute Gasteiger partial charge is 0.330 e. The summed E-state index contributed by atoms with van der Waals surface area (Å²) >= 11 is 0. The molecule has 1 saturated heterocycles. The maximum absolute atomic E-state index is 10.9. The number of carbonyl (C=O) groups is 1. The number of nitrogens with zero attached hydrogens (tertiary/aromatic N) is 1. The topological polar surface area (TPSA) is 29.5 Å². The molecule has 0 aromatic carbocycles. The van der Waals surface area contributed by atoms with E-state index in [-0.39, 0.29) is 5.97 Å². The van der Waals surface area contributed by atoms with Crippen LogP contribution in [0.15, 0.2) is 12.2 Å². The van der Waals surface area contributed by atoms with Gasteiger partial charge in [-0.15, -0.1) is 0 Å². The maximum atomic E-state index is 10.9. The van der Waals surface area contributed by atoms with Crippen molar-refractivity contribution in [1.82, 2.24) is 4.90 Å². The van der Waals surface area contributed by atoms with Crippen molar-refractivity contribution in [2.24, 2.45) is 0 Å². The second kappa shape index (κ2) is 5.02. The van der Waals surface area contributed by atoms with E-state index >= 15 is 0 Å². The number of ether oxygens (including phenoxy) is 1. The number of carbonyl (C=O) groups excluding carboxylic acids is 1. The van der Waals surface area contributed by atoms with Gasteiger partial charge in [-0.05, 0) is 33.4 Å². The lowest BCUT2D eigenvalue weighted by molar-refractivity contribution is -0.137. The summed E-state index contributed by atoms with van der Waals surface area (Å²) in [6, 6.07) is 0.359. The first-order valence-corrected chi connectivity index (χ1v) is 4.83. The van der Waals surface area contributed by atoms with Crippen molar-refractivity contribution in [3.63, 3.8) is 0 Å². The number of rotatable bonds is 4. The van der Waals surface area contributed by atoms with Gasteiger partial charge in [0, 0.05) is 12.1 Å². The molecule has 1 rings (SSSR count). The van der Waals surface area contributed by atoms with Gasteiger partial charge < -0.3 is 4.74 Å². The maximum Gasteiger partial charge on any atom is 0.330 e. The molecule has 3 nitrogen and oxygen atoms in total. The Hall–Kier alpha value is -0.830. The fourth-order valence-electron chi connectivity index (χ4n) is 1.28. The predicted molar refractivity (Wildman–Crippen MR) is 51.4 cm³/mol. The van der Waals surface area contributed by atoms with Crippen molar-refractivity contribution in [3.8, 4) is 0 Å². The zero-order valence-corrected chi connectivity index (χ0v) is 8.32. The lowest BCUT2D eigenvalue weighted by Crippen LogP contribution is -2.42. The SMILES string of the molecule is CCOC(=O)/C=C/[C@@H](C)N1CCC1. The Morgan fingerprint density at radius 3 is 2.77 bits per heavy atom.